The lowest BCUT2D eigenvalue weighted by atomic mass is 10.00. The number of oxime groups is 1. The quantitative estimate of drug-likeness (QED) is 0.306. The second-order valence-electron chi connectivity index (χ2n) is 5.69. The van der Waals surface area contributed by atoms with Gasteiger partial charge in [0, 0.05) is 13.8 Å². The third-order valence-corrected chi connectivity index (χ3v) is 3.62. The van der Waals surface area contributed by atoms with Crippen LogP contribution in [0.4, 0.5) is 0 Å². The lowest BCUT2D eigenvalue weighted by molar-refractivity contribution is -0.187. The van der Waals surface area contributed by atoms with E-state index in [1.54, 1.807) is 18.2 Å². The number of ether oxygens (including phenoxy) is 4. The highest BCUT2D eigenvalue weighted by molar-refractivity contribution is 5.96. The number of methoxy groups -OCH3 is 1. The fourth-order valence-electron chi connectivity index (χ4n) is 2.45. The smallest absolute Gasteiger partial charge is 0.365 e. The molecule has 0 aliphatic carbocycles. The van der Waals surface area contributed by atoms with Crippen LogP contribution in [0, 0.1) is 0 Å². The second kappa shape index (κ2) is 9.60. The summed E-state index contributed by atoms with van der Waals surface area (Å²) in [5.41, 5.74) is 0.197. The Kier molecular flexibility index (Phi) is 7.21. The van der Waals surface area contributed by atoms with Crippen molar-refractivity contribution in [1.29, 1.82) is 0 Å². The topological polar surface area (TPSA) is 127 Å². The molecule has 2 rings (SSSR count). The molecule has 0 bridgehead atoms. The summed E-state index contributed by atoms with van der Waals surface area (Å²) in [5.74, 6) is -3.06. The van der Waals surface area contributed by atoms with E-state index >= 15 is 0 Å². The van der Waals surface area contributed by atoms with E-state index in [4.69, 9.17) is 19.0 Å². The van der Waals surface area contributed by atoms with Gasteiger partial charge in [-0.3, -0.25) is 9.59 Å². The molecule has 3 atom stereocenters. The van der Waals surface area contributed by atoms with Crippen molar-refractivity contribution in [3.63, 3.8) is 0 Å². The van der Waals surface area contributed by atoms with E-state index in [-0.39, 0.29) is 17.9 Å². The SMILES string of the molecule is COC(=O)[C@H]1OC/C(=N\OC(=O)c2ccccc2)[C@@H](OC(C)=O)[C@@H]1OC(C)=O. The van der Waals surface area contributed by atoms with Crippen LogP contribution in [0.1, 0.15) is 24.2 Å². The molecule has 1 fully saturated rings. The first kappa shape index (κ1) is 21.0. The van der Waals surface area contributed by atoms with E-state index in [1.165, 1.54) is 12.1 Å². The van der Waals surface area contributed by atoms with Crippen LogP contribution in [0.15, 0.2) is 35.5 Å². The molecule has 10 heteroatoms. The molecule has 0 radical (unpaired) electrons. The van der Waals surface area contributed by atoms with E-state index < -0.39 is 42.2 Å². The highest BCUT2D eigenvalue weighted by atomic mass is 16.7. The maximum Gasteiger partial charge on any atom is 0.365 e. The van der Waals surface area contributed by atoms with Gasteiger partial charge in [0.2, 0.25) is 0 Å². The van der Waals surface area contributed by atoms with E-state index in [2.05, 4.69) is 9.89 Å². The Morgan fingerprint density at radius 1 is 1.04 bits per heavy atom. The van der Waals surface area contributed by atoms with Crippen molar-refractivity contribution in [2.45, 2.75) is 32.2 Å². The van der Waals surface area contributed by atoms with Crippen LogP contribution < -0.4 is 0 Å². The van der Waals surface area contributed by atoms with Crippen LogP contribution >= 0.6 is 0 Å². The summed E-state index contributed by atoms with van der Waals surface area (Å²) in [7, 11) is 1.13. The molecule has 28 heavy (non-hydrogen) atoms. The fraction of sp³-hybridized carbons (Fsp3) is 0.389. The van der Waals surface area contributed by atoms with Crippen molar-refractivity contribution >= 4 is 29.6 Å². The summed E-state index contributed by atoms with van der Waals surface area (Å²) in [6.07, 6.45) is -4.01. The minimum Gasteiger partial charge on any atom is -0.467 e. The molecule has 0 amide bonds. The molecule has 1 aliphatic rings. The zero-order valence-corrected chi connectivity index (χ0v) is 15.4. The highest BCUT2D eigenvalue weighted by Crippen LogP contribution is 2.22. The number of esters is 3. The average Bonchev–Trinajstić information content (AvgIpc) is 2.67. The predicted octanol–water partition coefficient (Wildman–Crippen LogP) is 0.635. The highest BCUT2D eigenvalue weighted by Gasteiger charge is 2.47. The Morgan fingerprint density at radius 3 is 2.25 bits per heavy atom. The summed E-state index contributed by atoms with van der Waals surface area (Å²) in [6, 6.07) is 8.07. The van der Waals surface area contributed by atoms with Crippen molar-refractivity contribution in [2.75, 3.05) is 13.7 Å². The van der Waals surface area contributed by atoms with Gasteiger partial charge in [-0.2, -0.15) is 0 Å². The van der Waals surface area contributed by atoms with Gasteiger partial charge in [0.1, 0.15) is 5.71 Å². The number of carbonyl (C=O) groups is 4. The van der Waals surface area contributed by atoms with Crippen LogP contribution in [0.3, 0.4) is 0 Å². The maximum atomic E-state index is 12.1. The lowest BCUT2D eigenvalue weighted by Crippen LogP contribution is -2.57. The molecule has 0 saturated carbocycles. The van der Waals surface area contributed by atoms with Gasteiger partial charge in [0.15, 0.2) is 18.3 Å². The standard InChI is InChI=1S/C18H19NO9/c1-10(20)26-14-13(19-28-17(22)12-7-5-4-6-8-12)9-25-16(18(23)24-3)15(14)27-11(2)21/h4-8,14-16H,9H2,1-3H3/b19-13+/t14-,15+,16+/m1/s1. The van der Waals surface area contributed by atoms with E-state index in [0.717, 1.165) is 21.0 Å². The molecule has 1 aromatic carbocycles. The molecule has 1 heterocycles. The van der Waals surface area contributed by atoms with Gasteiger partial charge in [0.05, 0.1) is 19.3 Å². The predicted molar refractivity (Wildman–Crippen MR) is 92.2 cm³/mol. The zero-order chi connectivity index (χ0) is 20.7. The molecule has 1 saturated heterocycles. The minimum atomic E-state index is -1.36. The van der Waals surface area contributed by atoms with Gasteiger partial charge in [-0.15, -0.1) is 0 Å². The van der Waals surface area contributed by atoms with Gasteiger partial charge in [-0.05, 0) is 12.1 Å². The lowest BCUT2D eigenvalue weighted by Gasteiger charge is -2.35. The molecular formula is C18H19NO9. The Labute approximate surface area is 160 Å². The monoisotopic (exact) mass is 393 g/mol. The Bertz CT molecular complexity index is 775. The molecule has 0 unspecified atom stereocenters. The molecule has 0 spiro atoms. The van der Waals surface area contributed by atoms with E-state index in [1.807, 2.05) is 0 Å². The number of hydrogen-bond donors (Lipinski definition) is 0. The summed E-state index contributed by atoms with van der Waals surface area (Å²) in [4.78, 5) is 51.9. The largest absolute Gasteiger partial charge is 0.467 e. The van der Waals surface area contributed by atoms with Gasteiger partial charge < -0.3 is 23.8 Å². The van der Waals surface area contributed by atoms with E-state index in [0.29, 0.717) is 0 Å². The van der Waals surface area contributed by atoms with Crippen molar-refractivity contribution in [2.24, 2.45) is 5.16 Å². The van der Waals surface area contributed by atoms with Gasteiger partial charge in [-0.1, -0.05) is 23.4 Å². The first-order valence-corrected chi connectivity index (χ1v) is 8.20. The van der Waals surface area contributed by atoms with Crippen LogP contribution in [0.25, 0.3) is 0 Å². The first-order valence-electron chi connectivity index (χ1n) is 8.20. The molecule has 150 valence electrons. The Balaban J connectivity index is 2.28. The molecule has 1 aliphatic heterocycles. The summed E-state index contributed by atoms with van der Waals surface area (Å²) >= 11 is 0. The van der Waals surface area contributed by atoms with Crippen LogP contribution in [-0.4, -0.2) is 61.6 Å². The summed E-state index contributed by atoms with van der Waals surface area (Å²) in [5, 5.41) is 3.69. The Morgan fingerprint density at radius 2 is 1.68 bits per heavy atom. The van der Waals surface area contributed by atoms with E-state index in [9.17, 15) is 19.2 Å². The number of rotatable bonds is 5. The summed E-state index contributed by atoms with van der Waals surface area (Å²) < 4.78 is 20.2. The molecule has 10 nitrogen and oxygen atoms in total. The third kappa shape index (κ3) is 5.36. The molecule has 0 N–H and O–H groups in total. The fourth-order valence-corrected chi connectivity index (χ4v) is 2.45. The van der Waals surface area contributed by atoms with Crippen LogP contribution in [-0.2, 0) is 38.2 Å². The average molecular weight is 393 g/mol. The van der Waals surface area contributed by atoms with Crippen LogP contribution in [0.2, 0.25) is 0 Å². The number of hydrogen-bond acceptors (Lipinski definition) is 10. The van der Waals surface area contributed by atoms with Crippen molar-refractivity contribution in [3.05, 3.63) is 35.9 Å². The van der Waals surface area contributed by atoms with Crippen molar-refractivity contribution < 1.29 is 43.0 Å². The Hall–Kier alpha value is -3.27. The normalized spacial score (nSPS) is 22.8. The molecule has 1 aromatic rings. The van der Waals surface area contributed by atoms with Crippen LogP contribution in [0.5, 0.6) is 0 Å². The summed E-state index contributed by atoms with van der Waals surface area (Å²) in [6.45, 7) is 1.92. The van der Waals surface area contributed by atoms with Gasteiger partial charge in [0.25, 0.3) is 0 Å². The molecular weight excluding hydrogens is 374 g/mol. The number of carbonyl (C=O) groups excluding carboxylic acids is 4. The van der Waals surface area contributed by atoms with Crippen molar-refractivity contribution in [1.82, 2.24) is 0 Å². The minimum absolute atomic E-state index is 0.0501. The molecule has 0 aromatic heterocycles. The first-order chi connectivity index (χ1) is 13.3. The zero-order valence-electron chi connectivity index (χ0n) is 15.4. The van der Waals surface area contributed by atoms with Gasteiger partial charge in [-0.25, -0.2) is 9.59 Å². The van der Waals surface area contributed by atoms with Crippen molar-refractivity contribution in [3.8, 4) is 0 Å². The third-order valence-electron chi connectivity index (χ3n) is 3.62. The number of nitrogens with zero attached hydrogens (tertiary/aromatic N) is 1. The van der Waals surface area contributed by atoms with Gasteiger partial charge >= 0.3 is 23.9 Å². The maximum absolute atomic E-state index is 12.1. The number of benzene rings is 1. The second-order valence-corrected chi connectivity index (χ2v) is 5.69.